The number of thioether (sulfide) groups is 2. The molecule has 0 aromatic carbocycles. The minimum atomic E-state index is 1.02. The molecule has 0 bridgehead atoms. The first-order valence-corrected chi connectivity index (χ1v) is 8.71. The monoisotopic (exact) mass is 290 g/mol. The number of pyridine rings is 2. The van der Waals surface area contributed by atoms with E-state index < -0.39 is 0 Å². The maximum atomic E-state index is 4.32. The molecule has 0 aliphatic heterocycles. The summed E-state index contributed by atoms with van der Waals surface area (Å²) in [5, 5.41) is 0. The van der Waals surface area contributed by atoms with E-state index in [0.717, 1.165) is 11.5 Å². The molecule has 0 atom stereocenters. The second-order valence-electron chi connectivity index (χ2n) is 4.10. The van der Waals surface area contributed by atoms with Gasteiger partial charge in [-0.25, -0.2) is 0 Å². The van der Waals surface area contributed by atoms with Gasteiger partial charge in [-0.1, -0.05) is 12.1 Å². The molecule has 100 valence electrons. The van der Waals surface area contributed by atoms with Crippen LogP contribution < -0.4 is 0 Å². The fourth-order valence-electron chi connectivity index (χ4n) is 1.58. The highest BCUT2D eigenvalue weighted by Crippen LogP contribution is 2.15. The molecule has 2 nitrogen and oxygen atoms in total. The Morgan fingerprint density at radius 1 is 0.737 bits per heavy atom. The molecule has 0 unspecified atom stereocenters. The summed E-state index contributed by atoms with van der Waals surface area (Å²) < 4.78 is 0. The van der Waals surface area contributed by atoms with Gasteiger partial charge in [0.2, 0.25) is 0 Å². The van der Waals surface area contributed by atoms with E-state index in [-0.39, 0.29) is 0 Å². The van der Waals surface area contributed by atoms with E-state index in [9.17, 15) is 0 Å². The summed E-state index contributed by atoms with van der Waals surface area (Å²) in [6.07, 6.45) is 4.96. The molecular weight excluding hydrogens is 272 g/mol. The van der Waals surface area contributed by atoms with Crippen molar-refractivity contribution in [1.29, 1.82) is 0 Å². The Morgan fingerprint density at radius 2 is 1.26 bits per heavy atom. The second-order valence-corrected chi connectivity index (χ2v) is 6.31. The highest BCUT2D eigenvalue weighted by Gasteiger charge is 1.96. The Morgan fingerprint density at radius 3 is 1.68 bits per heavy atom. The first kappa shape index (κ1) is 14.4. The van der Waals surface area contributed by atoms with Crippen LogP contribution in [0, 0.1) is 0 Å². The lowest BCUT2D eigenvalue weighted by Crippen LogP contribution is -1.90. The first-order chi connectivity index (χ1) is 9.45. The topological polar surface area (TPSA) is 25.8 Å². The molecule has 2 aromatic heterocycles. The largest absolute Gasteiger partial charge is 0.260 e. The number of hydrogen-bond donors (Lipinski definition) is 0. The van der Waals surface area contributed by atoms with Gasteiger partial charge in [0.25, 0.3) is 0 Å². The summed E-state index contributed by atoms with van der Waals surface area (Å²) >= 11 is 3.92. The number of nitrogens with zero attached hydrogens (tertiary/aromatic N) is 2. The van der Waals surface area contributed by atoms with Gasteiger partial charge in [-0.2, -0.15) is 23.5 Å². The van der Waals surface area contributed by atoms with Crippen molar-refractivity contribution in [3.8, 4) is 0 Å². The van der Waals surface area contributed by atoms with Crippen LogP contribution in [0.5, 0.6) is 0 Å². The van der Waals surface area contributed by atoms with Gasteiger partial charge < -0.3 is 0 Å². The van der Waals surface area contributed by atoms with Crippen molar-refractivity contribution >= 4 is 23.5 Å². The summed E-state index contributed by atoms with van der Waals surface area (Å²) in [5.74, 6) is 4.44. The van der Waals surface area contributed by atoms with Crippen LogP contribution in [0.3, 0.4) is 0 Å². The third-order valence-corrected chi connectivity index (χ3v) is 4.68. The van der Waals surface area contributed by atoms with Crippen LogP contribution in [0.15, 0.2) is 48.8 Å². The maximum Gasteiger partial charge on any atom is 0.0502 e. The molecule has 0 N–H and O–H groups in total. The van der Waals surface area contributed by atoms with E-state index in [0.29, 0.717) is 0 Å². The van der Waals surface area contributed by atoms with Crippen molar-refractivity contribution in [2.75, 3.05) is 11.5 Å². The van der Waals surface area contributed by atoms with Gasteiger partial charge in [0, 0.05) is 23.9 Å². The SMILES string of the molecule is c1ccc(CSCCCSCc2ccccn2)nc1. The fraction of sp³-hybridized carbons (Fsp3) is 0.333. The summed E-state index contributed by atoms with van der Waals surface area (Å²) in [6.45, 7) is 0. The van der Waals surface area contributed by atoms with Crippen LogP contribution >= 0.6 is 23.5 Å². The lowest BCUT2D eigenvalue weighted by Gasteiger charge is -2.02. The molecule has 2 rings (SSSR count). The molecule has 0 radical (unpaired) electrons. The van der Waals surface area contributed by atoms with Gasteiger partial charge in [-0.15, -0.1) is 0 Å². The van der Waals surface area contributed by atoms with Crippen LogP contribution in [-0.2, 0) is 11.5 Å². The summed E-state index contributed by atoms with van der Waals surface area (Å²) in [5.41, 5.74) is 2.35. The molecular formula is C15H18N2S2. The Bertz CT molecular complexity index is 405. The van der Waals surface area contributed by atoms with E-state index in [1.165, 1.54) is 29.3 Å². The summed E-state index contributed by atoms with van der Waals surface area (Å²) in [4.78, 5) is 8.64. The zero-order chi connectivity index (χ0) is 13.2. The molecule has 0 aliphatic carbocycles. The molecule has 0 spiro atoms. The minimum Gasteiger partial charge on any atom is -0.260 e. The van der Waals surface area contributed by atoms with Crippen molar-refractivity contribution in [1.82, 2.24) is 9.97 Å². The van der Waals surface area contributed by atoms with Gasteiger partial charge in [-0.3, -0.25) is 9.97 Å². The van der Waals surface area contributed by atoms with Gasteiger partial charge in [0.05, 0.1) is 11.4 Å². The van der Waals surface area contributed by atoms with Gasteiger partial charge in [-0.05, 0) is 42.2 Å². The number of hydrogen-bond acceptors (Lipinski definition) is 4. The van der Waals surface area contributed by atoms with E-state index in [4.69, 9.17) is 0 Å². The molecule has 0 fully saturated rings. The molecule has 0 saturated heterocycles. The van der Waals surface area contributed by atoms with Crippen molar-refractivity contribution in [2.45, 2.75) is 17.9 Å². The summed E-state index contributed by atoms with van der Waals surface area (Å²) in [7, 11) is 0. The molecule has 0 saturated carbocycles. The third-order valence-electron chi connectivity index (χ3n) is 2.53. The van der Waals surface area contributed by atoms with E-state index in [1.54, 1.807) is 0 Å². The van der Waals surface area contributed by atoms with Crippen molar-refractivity contribution < 1.29 is 0 Å². The Hall–Kier alpha value is -1.00. The molecule has 0 aliphatic rings. The van der Waals surface area contributed by atoms with Crippen molar-refractivity contribution in [2.24, 2.45) is 0 Å². The predicted molar refractivity (Wildman–Crippen MR) is 85.4 cm³/mol. The quantitative estimate of drug-likeness (QED) is 0.685. The van der Waals surface area contributed by atoms with Crippen LogP contribution in [0.2, 0.25) is 0 Å². The molecule has 19 heavy (non-hydrogen) atoms. The highest BCUT2D eigenvalue weighted by atomic mass is 32.2. The van der Waals surface area contributed by atoms with Gasteiger partial charge >= 0.3 is 0 Å². The molecule has 2 heterocycles. The number of rotatable bonds is 8. The second kappa shape index (κ2) is 8.99. The van der Waals surface area contributed by atoms with Crippen LogP contribution in [0.25, 0.3) is 0 Å². The van der Waals surface area contributed by atoms with E-state index in [2.05, 4.69) is 22.1 Å². The predicted octanol–water partition coefficient (Wildman–Crippen LogP) is 4.03. The Labute approximate surface area is 123 Å². The van der Waals surface area contributed by atoms with Crippen molar-refractivity contribution in [3.63, 3.8) is 0 Å². The average Bonchev–Trinajstić information content (AvgIpc) is 2.48. The lowest BCUT2D eigenvalue weighted by atomic mass is 10.4. The first-order valence-electron chi connectivity index (χ1n) is 6.40. The smallest absolute Gasteiger partial charge is 0.0502 e. The van der Waals surface area contributed by atoms with Crippen molar-refractivity contribution in [3.05, 3.63) is 60.2 Å². The van der Waals surface area contributed by atoms with E-state index >= 15 is 0 Å². The Kier molecular flexibility index (Phi) is 6.82. The van der Waals surface area contributed by atoms with Crippen LogP contribution in [0.4, 0.5) is 0 Å². The standard InChI is InChI=1S/C15H18N2S2/c1-3-8-16-14(6-1)12-18-10-5-11-19-13-15-7-2-4-9-17-15/h1-4,6-9H,5,10-13H2. The summed E-state index contributed by atoms with van der Waals surface area (Å²) in [6, 6.07) is 12.2. The fourth-order valence-corrected chi connectivity index (χ4v) is 3.51. The Balaban J connectivity index is 1.49. The average molecular weight is 290 g/mol. The highest BCUT2D eigenvalue weighted by molar-refractivity contribution is 7.99. The third kappa shape index (κ3) is 6.12. The zero-order valence-electron chi connectivity index (χ0n) is 10.9. The van der Waals surface area contributed by atoms with E-state index in [1.807, 2.05) is 60.2 Å². The molecule has 4 heteroatoms. The van der Waals surface area contributed by atoms with Gasteiger partial charge in [0.1, 0.15) is 0 Å². The lowest BCUT2D eigenvalue weighted by molar-refractivity contribution is 1.10. The molecule has 2 aromatic rings. The van der Waals surface area contributed by atoms with Gasteiger partial charge in [0.15, 0.2) is 0 Å². The normalized spacial score (nSPS) is 10.5. The van der Waals surface area contributed by atoms with Crippen LogP contribution in [0.1, 0.15) is 17.8 Å². The number of aromatic nitrogens is 2. The molecule has 0 amide bonds. The zero-order valence-corrected chi connectivity index (χ0v) is 12.5. The van der Waals surface area contributed by atoms with Crippen LogP contribution in [-0.4, -0.2) is 21.5 Å². The minimum absolute atomic E-state index is 1.02. The maximum absolute atomic E-state index is 4.32.